The standard InChI is InChI=1S/C4H6N2O2S2/c1-6(4(7)8)2-10-3(5)9/h1-2H2,(H2-,5,7,8,9)/p+1. The van der Waals surface area contributed by atoms with Crippen molar-refractivity contribution in [3.05, 3.63) is 0 Å². The molecule has 6 heteroatoms. The van der Waals surface area contributed by atoms with Gasteiger partial charge in [0.2, 0.25) is 5.88 Å². The van der Waals surface area contributed by atoms with E-state index >= 15 is 0 Å². The molecule has 0 unspecified atom stereocenters. The van der Waals surface area contributed by atoms with Gasteiger partial charge in [0, 0.05) is 0 Å². The van der Waals surface area contributed by atoms with Gasteiger partial charge in [-0.3, -0.25) is 0 Å². The Bertz CT molecular complexity index is 180. The quantitative estimate of drug-likeness (QED) is 0.276. The largest absolute Gasteiger partial charge is 0.594 e. The van der Waals surface area contributed by atoms with Gasteiger partial charge in [-0.1, -0.05) is 12.2 Å². The number of nitrogens with zero attached hydrogens (tertiary/aromatic N) is 1. The van der Waals surface area contributed by atoms with Gasteiger partial charge in [-0.2, -0.15) is 4.79 Å². The van der Waals surface area contributed by atoms with Crippen LogP contribution in [-0.4, -0.2) is 32.7 Å². The van der Waals surface area contributed by atoms with Gasteiger partial charge in [-0.25, -0.2) is 0 Å². The maximum Gasteiger partial charge on any atom is 0.594 e. The summed E-state index contributed by atoms with van der Waals surface area (Å²) >= 11 is 5.55. The van der Waals surface area contributed by atoms with E-state index in [1.165, 1.54) is 0 Å². The zero-order valence-corrected chi connectivity index (χ0v) is 6.74. The molecule has 1 amide bonds. The van der Waals surface area contributed by atoms with E-state index in [1.54, 1.807) is 0 Å². The first-order chi connectivity index (χ1) is 4.54. The summed E-state index contributed by atoms with van der Waals surface area (Å²) in [5, 5.41) is 8.26. The summed E-state index contributed by atoms with van der Waals surface area (Å²) in [4.78, 5) is 10.1. The second-order valence-corrected chi connectivity index (χ2v) is 3.10. The molecule has 0 saturated carbocycles. The number of thioether (sulfide) groups is 1. The van der Waals surface area contributed by atoms with Gasteiger partial charge in [0.05, 0.1) is 0 Å². The smallest absolute Gasteiger partial charge is 0.427 e. The summed E-state index contributed by atoms with van der Waals surface area (Å²) in [6.07, 6.45) is -1.09. The maximum absolute atomic E-state index is 10.1. The van der Waals surface area contributed by atoms with E-state index in [0.29, 0.717) is 0 Å². The van der Waals surface area contributed by atoms with Crippen molar-refractivity contribution in [3.63, 3.8) is 0 Å². The molecule has 0 aromatic carbocycles. The highest BCUT2D eigenvalue weighted by atomic mass is 32.2. The molecular weight excluding hydrogens is 172 g/mol. The van der Waals surface area contributed by atoms with Crippen molar-refractivity contribution in [1.29, 1.82) is 0 Å². The van der Waals surface area contributed by atoms with E-state index in [9.17, 15) is 4.79 Å². The summed E-state index contributed by atoms with van der Waals surface area (Å²) in [5.74, 6) is 0.171. The number of carboxylic acid groups (broad SMARTS) is 1. The minimum absolute atomic E-state index is 0.171. The third-order valence-corrected chi connectivity index (χ3v) is 1.71. The highest BCUT2D eigenvalue weighted by Crippen LogP contribution is 1.98. The topological polar surface area (TPSA) is 66.3 Å². The Kier molecular flexibility index (Phi) is 3.97. The molecule has 0 spiro atoms. The van der Waals surface area contributed by atoms with Crippen LogP contribution in [0.15, 0.2) is 0 Å². The fourth-order valence-corrected chi connectivity index (χ4v) is 0.748. The Morgan fingerprint density at radius 2 is 2.40 bits per heavy atom. The molecule has 0 aliphatic heterocycles. The van der Waals surface area contributed by atoms with Crippen LogP contribution in [0.2, 0.25) is 0 Å². The maximum atomic E-state index is 10.1. The van der Waals surface area contributed by atoms with E-state index < -0.39 is 6.09 Å². The lowest BCUT2D eigenvalue weighted by Crippen LogP contribution is -2.18. The average Bonchev–Trinajstić information content (AvgIpc) is 1.82. The Morgan fingerprint density at radius 1 is 1.90 bits per heavy atom. The molecule has 0 aliphatic carbocycles. The van der Waals surface area contributed by atoms with Crippen LogP contribution < -0.4 is 5.73 Å². The van der Waals surface area contributed by atoms with Gasteiger partial charge in [-0.15, -0.1) is 4.58 Å². The lowest BCUT2D eigenvalue weighted by molar-refractivity contribution is -0.411. The summed E-state index contributed by atoms with van der Waals surface area (Å²) in [6, 6.07) is 0. The van der Waals surface area contributed by atoms with Crippen molar-refractivity contribution in [2.45, 2.75) is 0 Å². The number of amides is 1. The lowest BCUT2D eigenvalue weighted by Gasteiger charge is -1.91. The molecule has 56 valence electrons. The van der Waals surface area contributed by atoms with Crippen LogP contribution in [0.3, 0.4) is 0 Å². The molecule has 0 saturated heterocycles. The first kappa shape index (κ1) is 9.38. The molecule has 3 N–H and O–H groups in total. The van der Waals surface area contributed by atoms with Crippen LogP contribution in [0.1, 0.15) is 0 Å². The number of hydrogen-bond acceptors (Lipinski definition) is 3. The van der Waals surface area contributed by atoms with Crippen molar-refractivity contribution >= 4 is 41.1 Å². The molecule has 0 aromatic rings. The minimum atomic E-state index is -1.09. The predicted octanol–water partition coefficient (Wildman–Crippen LogP) is 0.312. The molecule has 0 atom stereocenters. The SMILES string of the molecule is C=[N+](CSC(N)=S)C(=O)O. The van der Waals surface area contributed by atoms with Crippen LogP contribution in [0.4, 0.5) is 4.79 Å². The first-order valence-electron chi connectivity index (χ1n) is 2.27. The molecule has 0 radical (unpaired) electrons. The van der Waals surface area contributed by atoms with Crippen molar-refractivity contribution in [3.8, 4) is 0 Å². The van der Waals surface area contributed by atoms with Gasteiger partial charge in [-0.05, 0) is 11.8 Å². The Labute approximate surface area is 67.7 Å². The molecule has 0 fully saturated rings. The predicted molar refractivity (Wildman–Crippen MR) is 44.6 cm³/mol. The number of hydrogen-bond donors (Lipinski definition) is 2. The van der Waals surface area contributed by atoms with Crippen LogP contribution in [0.25, 0.3) is 0 Å². The molecule has 4 nitrogen and oxygen atoms in total. The Morgan fingerprint density at radius 3 is 2.70 bits per heavy atom. The second kappa shape index (κ2) is 4.24. The molecular formula is C4H7N2O2S2+. The number of rotatable bonds is 2. The summed E-state index contributed by atoms with van der Waals surface area (Å²) < 4.78 is 1.07. The third kappa shape index (κ3) is 4.28. The Hall–Kier alpha value is -0.620. The average molecular weight is 179 g/mol. The lowest BCUT2D eigenvalue weighted by atomic mass is 11.0. The highest BCUT2D eigenvalue weighted by molar-refractivity contribution is 8.22. The van der Waals surface area contributed by atoms with E-state index in [0.717, 1.165) is 16.3 Å². The molecule has 0 heterocycles. The van der Waals surface area contributed by atoms with Crippen LogP contribution in [-0.2, 0) is 0 Å². The number of thiocarbonyl (C=S) groups is 1. The number of carbonyl (C=O) groups is 1. The fourth-order valence-electron chi connectivity index (χ4n) is 0.197. The molecule has 0 aromatic heterocycles. The van der Waals surface area contributed by atoms with Crippen LogP contribution >= 0.6 is 24.0 Å². The fraction of sp³-hybridized carbons (Fsp3) is 0.250. The van der Waals surface area contributed by atoms with Crippen molar-refractivity contribution in [1.82, 2.24) is 0 Å². The molecule has 10 heavy (non-hydrogen) atoms. The minimum Gasteiger partial charge on any atom is -0.427 e. The molecule has 0 rings (SSSR count). The van der Waals surface area contributed by atoms with Crippen LogP contribution in [0.5, 0.6) is 0 Å². The zero-order chi connectivity index (χ0) is 8.15. The first-order valence-corrected chi connectivity index (χ1v) is 3.66. The van der Waals surface area contributed by atoms with E-state index in [2.05, 4.69) is 18.9 Å². The third-order valence-electron chi connectivity index (χ3n) is 0.633. The van der Waals surface area contributed by atoms with E-state index in [-0.39, 0.29) is 10.2 Å². The highest BCUT2D eigenvalue weighted by Gasteiger charge is 2.11. The van der Waals surface area contributed by atoms with Gasteiger partial charge in [0.15, 0.2) is 0 Å². The molecule has 0 aliphatic rings. The van der Waals surface area contributed by atoms with Crippen LogP contribution in [0, 0.1) is 0 Å². The number of nitrogens with two attached hydrogens (primary N) is 1. The van der Waals surface area contributed by atoms with Gasteiger partial charge < -0.3 is 10.8 Å². The summed E-state index contributed by atoms with van der Waals surface area (Å²) in [6.45, 7) is 3.21. The van der Waals surface area contributed by atoms with E-state index in [1.807, 2.05) is 0 Å². The normalized spacial score (nSPS) is 8.80. The van der Waals surface area contributed by atoms with Gasteiger partial charge in [0.1, 0.15) is 11.0 Å². The second-order valence-electron chi connectivity index (χ2n) is 1.41. The van der Waals surface area contributed by atoms with Crippen molar-refractivity contribution in [2.75, 3.05) is 5.88 Å². The zero-order valence-electron chi connectivity index (χ0n) is 5.11. The van der Waals surface area contributed by atoms with Gasteiger partial charge >= 0.3 is 6.09 Å². The van der Waals surface area contributed by atoms with Gasteiger partial charge in [0.25, 0.3) is 0 Å². The van der Waals surface area contributed by atoms with Crippen molar-refractivity contribution < 1.29 is 14.5 Å². The monoisotopic (exact) mass is 179 g/mol. The molecule has 0 bridgehead atoms. The summed E-state index contributed by atoms with van der Waals surface area (Å²) in [5.41, 5.74) is 5.09. The summed E-state index contributed by atoms with van der Waals surface area (Å²) in [7, 11) is 0. The Balaban J connectivity index is 3.60. The van der Waals surface area contributed by atoms with Crippen molar-refractivity contribution in [2.24, 2.45) is 5.73 Å². The van der Waals surface area contributed by atoms with E-state index in [4.69, 9.17) is 10.8 Å².